The summed E-state index contributed by atoms with van der Waals surface area (Å²) in [5.41, 5.74) is 0. The SMILES string of the molecule is CC/C=C\C/C=C\C/C=C\C/C=C\C/C=C\CCCCCCCCCCCCCC(=O)NC(COC1OC(CO)C(O)C(O)C1O)C(O)/C=C/CCCCCCCCCCCCCC. The van der Waals surface area contributed by atoms with Crippen molar-refractivity contribution >= 4 is 5.91 Å². The molecule has 0 aliphatic carbocycles. The number of carbonyl (C=O) groups excluding carboxylic acids is 1. The van der Waals surface area contributed by atoms with Crippen molar-refractivity contribution in [2.24, 2.45) is 0 Å². The van der Waals surface area contributed by atoms with Crippen LogP contribution in [0.5, 0.6) is 0 Å². The van der Waals surface area contributed by atoms with Gasteiger partial charge in [-0.1, -0.05) is 215 Å². The Morgan fingerprint density at radius 3 is 1.44 bits per heavy atom. The standard InChI is InChI=1S/C55H97NO8/c1-3-5-7-9-11-13-15-17-19-20-21-22-23-24-25-26-27-28-29-30-31-33-35-37-39-41-43-45-51(59)56-48(47-63-55-54(62)53(61)52(60)50(46-57)64-55)49(58)44-42-40-38-36-34-32-18-16-14-12-10-8-6-4-2/h5,7,11,13,17,19,21-22,24-25,42,44,48-50,52-55,57-58,60-62H,3-4,6,8-10,12,14-16,18,20,23,26-41,43,45-47H2,1-2H3,(H,56,59)/b7-5-,13-11-,19-17-,22-21-,25-24-,44-42+. The van der Waals surface area contributed by atoms with Crippen LogP contribution in [0.1, 0.15) is 213 Å². The molecule has 1 heterocycles. The van der Waals surface area contributed by atoms with E-state index in [1.54, 1.807) is 6.08 Å². The topological polar surface area (TPSA) is 149 Å². The van der Waals surface area contributed by atoms with Gasteiger partial charge >= 0.3 is 0 Å². The van der Waals surface area contributed by atoms with Crippen molar-refractivity contribution in [2.75, 3.05) is 13.2 Å². The molecule has 1 aliphatic heterocycles. The Balaban J connectivity index is 2.24. The first-order chi connectivity index (χ1) is 31.3. The number of carbonyl (C=O) groups is 1. The molecule has 0 radical (unpaired) electrons. The highest BCUT2D eigenvalue weighted by atomic mass is 16.7. The molecule has 0 aromatic heterocycles. The third-order valence-electron chi connectivity index (χ3n) is 12.0. The van der Waals surface area contributed by atoms with E-state index < -0.39 is 49.5 Å². The maximum atomic E-state index is 13.0. The Morgan fingerprint density at radius 1 is 0.547 bits per heavy atom. The third-order valence-corrected chi connectivity index (χ3v) is 12.0. The molecule has 1 aliphatic rings. The summed E-state index contributed by atoms with van der Waals surface area (Å²) in [6.07, 6.45) is 53.8. The van der Waals surface area contributed by atoms with Crippen molar-refractivity contribution in [3.05, 3.63) is 72.9 Å². The number of rotatable bonds is 43. The molecule has 0 spiro atoms. The Hall–Kier alpha value is -2.37. The summed E-state index contributed by atoms with van der Waals surface area (Å²) in [5, 5.41) is 54.3. The van der Waals surface area contributed by atoms with Crippen LogP contribution in [0.3, 0.4) is 0 Å². The molecule has 1 saturated heterocycles. The van der Waals surface area contributed by atoms with Crippen LogP contribution < -0.4 is 5.32 Å². The summed E-state index contributed by atoms with van der Waals surface area (Å²) < 4.78 is 11.2. The second-order valence-electron chi connectivity index (χ2n) is 17.9. The van der Waals surface area contributed by atoms with E-state index in [2.05, 4.69) is 79.9 Å². The third kappa shape index (κ3) is 34.0. The zero-order valence-corrected chi connectivity index (χ0v) is 40.8. The molecule has 0 bridgehead atoms. The number of ether oxygens (including phenoxy) is 2. The minimum absolute atomic E-state index is 0.183. The number of nitrogens with one attached hydrogen (secondary N) is 1. The molecule has 0 aromatic rings. The van der Waals surface area contributed by atoms with Crippen LogP contribution in [-0.4, -0.2) is 87.5 Å². The lowest BCUT2D eigenvalue weighted by Crippen LogP contribution is -2.60. The summed E-state index contributed by atoms with van der Waals surface area (Å²) in [5.74, 6) is -0.183. The molecule has 9 nitrogen and oxygen atoms in total. The van der Waals surface area contributed by atoms with Gasteiger partial charge in [0.1, 0.15) is 24.4 Å². The van der Waals surface area contributed by atoms with Crippen molar-refractivity contribution in [3.8, 4) is 0 Å². The lowest BCUT2D eigenvalue weighted by molar-refractivity contribution is -0.302. The molecule has 6 N–H and O–H groups in total. The van der Waals surface area contributed by atoms with Crippen LogP contribution in [-0.2, 0) is 14.3 Å². The molecule has 1 amide bonds. The highest BCUT2D eigenvalue weighted by molar-refractivity contribution is 5.76. The highest BCUT2D eigenvalue weighted by Gasteiger charge is 2.44. The number of aliphatic hydroxyl groups excluding tert-OH is 5. The highest BCUT2D eigenvalue weighted by Crippen LogP contribution is 2.23. The second-order valence-corrected chi connectivity index (χ2v) is 17.9. The first kappa shape index (κ1) is 59.6. The van der Waals surface area contributed by atoms with Gasteiger partial charge in [0.15, 0.2) is 6.29 Å². The lowest BCUT2D eigenvalue weighted by Gasteiger charge is -2.40. The summed E-state index contributed by atoms with van der Waals surface area (Å²) in [7, 11) is 0. The van der Waals surface area contributed by atoms with E-state index in [4.69, 9.17) is 9.47 Å². The molecule has 370 valence electrons. The Labute approximate surface area is 391 Å². The fourth-order valence-corrected chi connectivity index (χ4v) is 7.89. The molecule has 9 heteroatoms. The van der Waals surface area contributed by atoms with Gasteiger partial charge in [0.2, 0.25) is 5.91 Å². The van der Waals surface area contributed by atoms with E-state index in [0.717, 1.165) is 70.6 Å². The molecule has 7 atom stereocenters. The molecule has 1 fully saturated rings. The normalized spacial score (nSPS) is 20.6. The molecule has 0 saturated carbocycles. The van der Waals surface area contributed by atoms with Gasteiger partial charge in [0.05, 0.1) is 25.4 Å². The summed E-state index contributed by atoms with van der Waals surface area (Å²) in [6.45, 7) is 3.65. The molecule has 7 unspecified atom stereocenters. The van der Waals surface area contributed by atoms with E-state index in [9.17, 15) is 30.3 Å². The number of amides is 1. The molecular formula is C55H97NO8. The van der Waals surface area contributed by atoms with Crippen LogP contribution in [0.4, 0.5) is 0 Å². The van der Waals surface area contributed by atoms with Crippen molar-refractivity contribution in [2.45, 2.75) is 256 Å². The predicted octanol–water partition coefficient (Wildman–Crippen LogP) is 12.1. The van der Waals surface area contributed by atoms with E-state index in [1.165, 1.54) is 122 Å². The Bertz CT molecular complexity index is 1230. The summed E-state index contributed by atoms with van der Waals surface area (Å²) in [4.78, 5) is 13.0. The summed E-state index contributed by atoms with van der Waals surface area (Å²) >= 11 is 0. The number of hydrogen-bond donors (Lipinski definition) is 6. The first-order valence-corrected chi connectivity index (χ1v) is 26.2. The van der Waals surface area contributed by atoms with Crippen LogP contribution in [0.2, 0.25) is 0 Å². The van der Waals surface area contributed by atoms with Crippen LogP contribution in [0.25, 0.3) is 0 Å². The quantitative estimate of drug-likeness (QED) is 0.0262. The Kier molecular flexibility index (Phi) is 41.4. The van der Waals surface area contributed by atoms with Crippen molar-refractivity contribution < 1.29 is 39.8 Å². The monoisotopic (exact) mass is 900 g/mol. The maximum Gasteiger partial charge on any atom is 0.220 e. The van der Waals surface area contributed by atoms with Gasteiger partial charge in [-0.25, -0.2) is 0 Å². The molecule has 64 heavy (non-hydrogen) atoms. The van der Waals surface area contributed by atoms with Crippen LogP contribution in [0, 0.1) is 0 Å². The van der Waals surface area contributed by atoms with Gasteiger partial charge in [-0.15, -0.1) is 0 Å². The predicted molar refractivity (Wildman–Crippen MR) is 267 cm³/mol. The van der Waals surface area contributed by atoms with Crippen molar-refractivity contribution in [3.63, 3.8) is 0 Å². The minimum Gasteiger partial charge on any atom is -0.394 e. The number of unbranched alkanes of at least 4 members (excludes halogenated alkanes) is 23. The largest absolute Gasteiger partial charge is 0.394 e. The maximum absolute atomic E-state index is 13.0. The number of hydrogen-bond acceptors (Lipinski definition) is 8. The average molecular weight is 900 g/mol. The van der Waals surface area contributed by atoms with Gasteiger partial charge in [-0.3, -0.25) is 4.79 Å². The second kappa shape index (κ2) is 44.5. The molecule has 0 aromatic carbocycles. The first-order valence-electron chi connectivity index (χ1n) is 26.2. The number of aliphatic hydroxyl groups is 5. The smallest absolute Gasteiger partial charge is 0.220 e. The van der Waals surface area contributed by atoms with Gasteiger partial charge in [-0.05, 0) is 64.2 Å². The summed E-state index contributed by atoms with van der Waals surface area (Å²) in [6, 6.07) is -0.809. The zero-order chi connectivity index (χ0) is 46.6. The van der Waals surface area contributed by atoms with Gasteiger partial charge in [0, 0.05) is 6.42 Å². The van der Waals surface area contributed by atoms with Crippen LogP contribution in [0.15, 0.2) is 72.9 Å². The zero-order valence-electron chi connectivity index (χ0n) is 40.8. The molecular weight excluding hydrogens is 803 g/mol. The van der Waals surface area contributed by atoms with Crippen molar-refractivity contribution in [1.29, 1.82) is 0 Å². The number of allylic oxidation sites excluding steroid dienone is 11. The van der Waals surface area contributed by atoms with E-state index in [0.29, 0.717) is 6.42 Å². The fraction of sp³-hybridized carbons (Fsp3) is 0.764. The Morgan fingerprint density at radius 2 is 0.969 bits per heavy atom. The van der Waals surface area contributed by atoms with E-state index >= 15 is 0 Å². The molecule has 1 rings (SSSR count). The lowest BCUT2D eigenvalue weighted by atomic mass is 9.99. The van der Waals surface area contributed by atoms with Crippen LogP contribution >= 0.6 is 0 Å². The van der Waals surface area contributed by atoms with Gasteiger partial charge in [0.25, 0.3) is 0 Å². The van der Waals surface area contributed by atoms with Gasteiger partial charge in [-0.2, -0.15) is 0 Å². The van der Waals surface area contributed by atoms with E-state index in [1.807, 2.05) is 6.08 Å². The van der Waals surface area contributed by atoms with E-state index in [-0.39, 0.29) is 12.5 Å². The van der Waals surface area contributed by atoms with Crippen molar-refractivity contribution in [1.82, 2.24) is 5.32 Å². The average Bonchev–Trinajstić information content (AvgIpc) is 3.29. The van der Waals surface area contributed by atoms with Gasteiger partial charge < -0.3 is 40.3 Å². The minimum atomic E-state index is -1.57. The fourth-order valence-electron chi connectivity index (χ4n) is 7.89.